The molecule has 0 spiro atoms. The van der Waals surface area contributed by atoms with Crippen LogP contribution in [0.1, 0.15) is 23.7 Å². The minimum absolute atomic E-state index is 0.0795. The Morgan fingerprint density at radius 2 is 2.00 bits per heavy atom. The fourth-order valence-electron chi connectivity index (χ4n) is 2.03. The molecule has 1 aromatic carbocycles. The van der Waals surface area contributed by atoms with Crippen LogP contribution in [0.5, 0.6) is 5.75 Å². The second-order valence-electron chi connectivity index (χ2n) is 4.88. The molecule has 0 atom stereocenters. The fraction of sp³-hybridized carbons (Fsp3) is 0.267. The third-order valence-electron chi connectivity index (χ3n) is 3.19. The molecule has 2 aromatic rings. The normalized spacial score (nSPS) is 10.0. The van der Waals surface area contributed by atoms with Crippen molar-refractivity contribution in [2.24, 2.45) is 0 Å². The number of ether oxygens (including phenoxy) is 1. The molecule has 0 saturated carbocycles. The van der Waals surface area contributed by atoms with E-state index in [0.717, 1.165) is 6.42 Å². The highest BCUT2D eigenvalue weighted by Gasteiger charge is 2.23. The molecule has 0 bridgehead atoms. The Balaban J connectivity index is 2.20. The SMILES string of the molecule is CCCNc1ncnc(NNC(=O)c2ccccc2OC)c1[N+](=O)[O-]. The van der Waals surface area contributed by atoms with Crippen molar-refractivity contribution >= 4 is 23.2 Å². The van der Waals surface area contributed by atoms with Crippen LogP contribution in [0.2, 0.25) is 0 Å². The van der Waals surface area contributed by atoms with Crippen LogP contribution in [-0.2, 0) is 0 Å². The van der Waals surface area contributed by atoms with Crippen LogP contribution in [0, 0.1) is 10.1 Å². The predicted molar refractivity (Wildman–Crippen MR) is 91.6 cm³/mol. The molecule has 0 aliphatic rings. The number of hydrazine groups is 1. The van der Waals surface area contributed by atoms with E-state index < -0.39 is 10.8 Å². The quantitative estimate of drug-likeness (QED) is 0.488. The first-order chi connectivity index (χ1) is 12.1. The van der Waals surface area contributed by atoms with Crippen molar-refractivity contribution in [2.75, 3.05) is 24.4 Å². The molecule has 132 valence electrons. The molecule has 3 N–H and O–H groups in total. The Morgan fingerprint density at radius 3 is 2.68 bits per heavy atom. The summed E-state index contributed by atoms with van der Waals surface area (Å²) in [6, 6.07) is 6.61. The third kappa shape index (κ3) is 4.31. The summed E-state index contributed by atoms with van der Waals surface area (Å²) in [6.45, 7) is 2.44. The largest absolute Gasteiger partial charge is 0.496 e. The van der Waals surface area contributed by atoms with Crippen molar-refractivity contribution in [1.29, 1.82) is 0 Å². The Morgan fingerprint density at radius 1 is 1.28 bits per heavy atom. The van der Waals surface area contributed by atoms with Gasteiger partial charge in [-0.15, -0.1) is 0 Å². The van der Waals surface area contributed by atoms with E-state index in [1.54, 1.807) is 24.3 Å². The van der Waals surface area contributed by atoms with E-state index in [4.69, 9.17) is 4.74 Å². The van der Waals surface area contributed by atoms with Gasteiger partial charge in [0.2, 0.25) is 11.6 Å². The summed E-state index contributed by atoms with van der Waals surface area (Å²) in [4.78, 5) is 30.7. The highest BCUT2D eigenvalue weighted by Crippen LogP contribution is 2.28. The zero-order valence-electron chi connectivity index (χ0n) is 13.8. The number of benzene rings is 1. The van der Waals surface area contributed by atoms with Crippen LogP contribution in [0.15, 0.2) is 30.6 Å². The number of methoxy groups -OCH3 is 1. The number of hydrogen-bond donors (Lipinski definition) is 3. The van der Waals surface area contributed by atoms with Crippen molar-refractivity contribution in [3.8, 4) is 5.75 Å². The van der Waals surface area contributed by atoms with Crippen molar-refractivity contribution in [2.45, 2.75) is 13.3 Å². The average molecular weight is 346 g/mol. The third-order valence-corrected chi connectivity index (χ3v) is 3.19. The van der Waals surface area contributed by atoms with E-state index in [-0.39, 0.29) is 22.9 Å². The van der Waals surface area contributed by atoms with Gasteiger partial charge in [-0.25, -0.2) is 9.97 Å². The van der Waals surface area contributed by atoms with Crippen molar-refractivity contribution in [3.63, 3.8) is 0 Å². The number of anilines is 2. The Hall–Kier alpha value is -3.43. The number of nitrogens with one attached hydrogen (secondary N) is 3. The van der Waals surface area contributed by atoms with Crippen LogP contribution in [-0.4, -0.2) is 34.5 Å². The van der Waals surface area contributed by atoms with E-state index in [1.807, 2.05) is 6.92 Å². The highest BCUT2D eigenvalue weighted by atomic mass is 16.6. The zero-order chi connectivity index (χ0) is 18.2. The summed E-state index contributed by atoms with van der Waals surface area (Å²) >= 11 is 0. The van der Waals surface area contributed by atoms with Gasteiger partial charge in [0.05, 0.1) is 17.6 Å². The summed E-state index contributed by atoms with van der Waals surface area (Å²) in [7, 11) is 1.44. The van der Waals surface area contributed by atoms with Gasteiger partial charge in [0.25, 0.3) is 5.91 Å². The maximum absolute atomic E-state index is 12.3. The molecule has 0 aliphatic carbocycles. The van der Waals surface area contributed by atoms with Crippen molar-refractivity contribution in [1.82, 2.24) is 15.4 Å². The lowest BCUT2D eigenvalue weighted by Gasteiger charge is -2.12. The van der Waals surface area contributed by atoms with Crippen LogP contribution in [0.25, 0.3) is 0 Å². The second kappa shape index (κ2) is 8.43. The zero-order valence-corrected chi connectivity index (χ0v) is 13.8. The summed E-state index contributed by atoms with van der Waals surface area (Å²) in [6.07, 6.45) is 1.94. The van der Waals surface area contributed by atoms with Crippen LogP contribution < -0.4 is 20.9 Å². The Kier molecular flexibility index (Phi) is 6.04. The van der Waals surface area contributed by atoms with Gasteiger partial charge in [0.1, 0.15) is 12.1 Å². The van der Waals surface area contributed by atoms with Gasteiger partial charge in [-0.1, -0.05) is 19.1 Å². The molecule has 0 radical (unpaired) electrons. The monoisotopic (exact) mass is 346 g/mol. The standard InChI is InChI=1S/C15H18N6O4/c1-3-8-16-13-12(21(23)24)14(18-9-17-13)19-20-15(22)10-6-4-5-7-11(10)25-2/h4-7,9H,3,8H2,1-2H3,(H,20,22)(H2,16,17,18,19). The van der Waals surface area contributed by atoms with Gasteiger partial charge in [-0.05, 0) is 18.6 Å². The molecule has 1 heterocycles. The first-order valence-corrected chi connectivity index (χ1v) is 7.51. The number of amides is 1. The second-order valence-corrected chi connectivity index (χ2v) is 4.88. The smallest absolute Gasteiger partial charge is 0.354 e. The molecule has 0 unspecified atom stereocenters. The molecular weight excluding hydrogens is 328 g/mol. The minimum Gasteiger partial charge on any atom is -0.496 e. The minimum atomic E-state index is -0.615. The lowest BCUT2D eigenvalue weighted by Crippen LogP contribution is -2.30. The molecule has 25 heavy (non-hydrogen) atoms. The number of aromatic nitrogens is 2. The average Bonchev–Trinajstić information content (AvgIpc) is 2.63. The summed E-state index contributed by atoms with van der Waals surface area (Å²) in [5, 5.41) is 14.2. The van der Waals surface area contributed by atoms with E-state index in [9.17, 15) is 14.9 Å². The number of carbonyl (C=O) groups excluding carboxylic acids is 1. The van der Waals surface area contributed by atoms with Crippen molar-refractivity contribution in [3.05, 3.63) is 46.3 Å². The number of carbonyl (C=O) groups is 1. The fourth-order valence-corrected chi connectivity index (χ4v) is 2.03. The van der Waals surface area contributed by atoms with Crippen LogP contribution >= 0.6 is 0 Å². The molecule has 2 rings (SSSR count). The van der Waals surface area contributed by atoms with Gasteiger partial charge in [-0.2, -0.15) is 0 Å². The molecule has 1 amide bonds. The highest BCUT2D eigenvalue weighted by molar-refractivity contribution is 5.97. The molecule has 0 fully saturated rings. The molecule has 10 nitrogen and oxygen atoms in total. The number of hydrogen-bond acceptors (Lipinski definition) is 8. The summed E-state index contributed by atoms with van der Waals surface area (Å²) < 4.78 is 5.11. The lowest BCUT2D eigenvalue weighted by atomic mass is 10.2. The summed E-state index contributed by atoms with van der Waals surface area (Å²) in [5.74, 6) is -0.185. The maximum atomic E-state index is 12.3. The molecule has 10 heteroatoms. The topological polar surface area (TPSA) is 131 Å². The number of nitrogens with zero attached hydrogens (tertiary/aromatic N) is 3. The van der Waals surface area contributed by atoms with Gasteiger partial charge < -0.3 is 10.1 Å². The summed E-state index contributed by atoms with van der Waals surface area (Å²) in [5.41, 5.74) is 4.78. The van der Waals surface area contributed by atoms with Gasteiger partial charge >= 0.3 is 5.69 Å². The van der Waals surface area contributed by atoms with Crippen molar-refractivity contribution < 1.29 is 14.5 Å². The van der Waals surface area contributed by atoms with Crippen LogP contribution in [0.3, 0.4) is 0 Å². The molecule has 0 aliphatic heterocycles. The lowest BCUT2D eigenvalue weighted by molar-refractivity contribution is -0.383. The van der Waals surface area contributed by atoms with Gasteiger partial charge in [-0.3, -0.25) is 25.8 Å². The Bertz CT molecular complexity index is 767. The maximum Gasteiger partial charge on any atom is 0.354 e. The van der Waals surface area contributed by atoms with Crippen LogP contribution in [0.4, 0.5) is 17.3 Å². The van der Waals surface area contributed by atoms with E-state index in [0.29, 0.717) is 12.3 Å². The first kappa shape index (κ1) is 17.9. The predicted octanol–water partition coefficient (Wildman–Crippen LogP) is 1.97. The van der Waals surface area contributed by atoms with Gasteiger partial charge in [0.15, 0.2) is 0 Å². The van der Waals surface area contributed by atoms with E-state index in [1.165, 1.54) is 13.4 Å². The number of nitro groups is 1. The molecular formula is C15H18N6O4. The van der Waals surface area contributed by atoms with E-state index >= 15 is 0 Å². The van der Waals surface area contributed by atoms with E-state index in [2.05, 4.69) is 26.1 Å². The Labute approximate surface area is 143 Å². The number of rotatable bonds is 8. The molecule has 0 saturated heterocycles. The number of para-hydroxylation sites is 1. The first-order valence-electron chi connectivity index (χ1n) is 7.51. The molecule has 1 aromatic heterocycles. The van der Waals surface area contributed by atoms with Gasteiger partial charge in [0, 0.05) is 6.54 Å².